The van der Waals surface area contributed by atoms with Gasteiger partial charge in [0.05, 0.1) is 13.0 Å². The molecule has 0 aromatic heterocycles. The quantitative estimate of drug-likeness (QED) is 0.480. The number of rotatable bonds is 2. The lowest BCUT2D eigenvalue weighted by Crippen LogP contribution is -2.27. The first-order chi connectivity index (χ1) is 6.29. The Morgan fingerprint density at radius 3 is 2.85 bits per heavy atom. The Balaban J connectivity index is 2.57. The highest BCUT2D eigenvalue weighted by Gasteiger charge is 2.30. The summed E-state index contributed by atoms with van der Waals surface area (Å²) < 4.78 is 4.76. The fourth-order valence-electron chi connectivity index (χ4n) is 2.07. The molecule has 1 rings (SSSR count). The normalized spacial score (nSPS) is 27.7. The van der Waals surface area contributed by atoms with Gasteiger partial charge in [0.1, 0.15) is 0 Å². The van der Waals surface area contributed by atoms with Crippen LogP contribution >= 0.6 is 0 Å². The maximum Gasteiger partial charge on any atom is 0.308 e. The smallest absolute Gasteiger partial charge is 0.308 e. The summed E-state index contributed by atoms with van der Waals surface area (Å²) in [6, 6.07) is 0. The van der Waals surface area contributed by atoms with E-state index in [0.717, 1.165) is 19.3 Å². The minimum Gasteiger partial charge on any atom is -0.469 e. The Morgan fingerprint density at radius 1 is 1.54 bits per heavy atom. The third-order valence-corrected chi connectivity index (χ3v) is 2.79. The molecule has 0 N–H and O–H groups in total. The van der Waals surface area contributed by atoms with Gasteiger partial charge in [0.2, 0.25) is 0 Å². The van der Waals surface area contributed by atoms with Crippen LogP contribution in [0.4, 0.5) is 0 Å². The topological polar surface area (TPSA) is 26.3 Å². The van der Waals surface area contributed by atoms with Crippen molar-refractivity contribution in [1.29, 1.82) is 0 Å². The van der Waals surface area contributed by atoms with Crippen molar-refractivity contribution in [2.45, 2.75) is 32.1 Å². The van der Waals surface area contributed by atoms with Gasteiger partial charge in [-0.05, 0) is 18.8 Å². The van der Waals surface area contributed by atoms with E-state index in [0.29, 0.717) is 12.3 Å². The molecule has 0 aromatic rings. The molecular formula is C11H16O2. The number of hydrogen-bond acceptors (Lipinski definition) is 2. The number of terminal acetylenes is 1. The molecule has 2 heteroatoms. The number of methoxy groups -OCH3 is 1. The summed E-state index contributed by atoms with van der Waals surface area (Å²) in [6.45, 7) is 0. The molecule has 0 radical (unpaired) electrons. The summed E-state index contributed by atoms with van der Waals surface area (Å²) >= 11 is 0. The summed E-state index contributed by atoms with van der Waals surface area (Å²) in [7, 11) is 1.45. The van der Waals surface area contributed by atoms with Gasteiger partial charge in [-0.15, -0.1) is 12.3 Å². The van der Waals surface area contributed by atoms with Crippen LogP contribution in [-0.2, 0) is 9.53 Å². The van der Waals surface area contributed by atoms with E-state index in [-0.39, 0.29) is 11.9 Å². The zero-order chi connectivity index (χ0) is 9.68. The SMILES string of the molecule is C#CCC1CCCCC1C(=O)OC. The predicted molar refractivity (Wildman–Crippen MR) is 50.9 cm³/mol. The van der Waals surface area contributed by atoms with E-state index < -0.39 is 0 Å². The van der Waals surface area contributed by atoms with Crippen molar-refractivity contribution >= 4 is 5.97 Å². The largest absolute Gasteiger partial charge is 0.469 e. The first-order valence-electron chi connectivity index (χ1n) is 4.81. The number of hydrogen-bond donors (Lipinski definition) is 0. The van der Waals surface area contributed by atoms with E-state index in [2.05, 4.69) is 5.92 Å². The average Bonchev–Trinajstić information content (AvgIpc) is 2.18. The van der Waals surface area contributed by atoms with Crippen LogP contribution in [0.25, 0.3) is 0 Å². The maximum atomic E-state index is 11.4. The fourth-order valence-corrected chi connectivity index (χ4v) is 2.07. The third kappa shape index (κ3) is 2.48. The molecule has 2 unspecified atom stereocenters. The molecule has 0 heterocycles. The summed E-state index contributed by atoms with van der Waals surface area (Å²) in [5, 5.41) is 0. The van der Waals surface area contributed by atoms with Crippen molar-refractivity contribution in [3.8, 4) is 12.3 Å². The van der Waals surface area contributed by atoms with Crippen molar-refractivity contribution < 1.29 is 9.53 Å². The Kier molecular flexibility index (Phi) is 3.82. The zero-order valence-corrected chi connectivity index (χ0v) is 8.08. The van der Waals surface area contributed by atoms with Gasteiger partial charge in [-0.25, -0.2) is 0 Å². The van der Waals surface area contributed by atoms with Gasteiger partial charge in [-0.2, -0.15) is 0 Å². The molecule has 0 spiro atoms. The van der Waals surface area contributed by atoms with Crippen molar-refractivity contribution in [3.05, 3.63) is 0 Å². The van der Waals surface area contributed by atoms with Gasteiger partial charge < -0.3 is 4.74 Å². The molecule has 1 fully saturated rings. The van der Waals surface area contributed by atoms with Crippen molar-refractivity contribution in [3.63, 3.8) is 0 Å². The van der Waals surface area contributed by atoms with E-state index in [4.69, 9.17) is 11.2 Å². The minimum absolute atomic E-state index is 0.0507. The van der Waals surface area contributed by atoms with Crippen LogP contribution in [0.2, 0.25) is 0 Å². The molecule has 0 aromatic carbocycles. The number of ether oxygens (including phenoxy) is 1. The van der Waals surface area contributed by atoms with Gasteiger partial charge in [0.15, 0.2) is 0 Å². The molecule has 72 valence electrons. The van der Waals surface area contributed by atoms with Crippen molar-refractivity contribution in [1.82, 2.24) is 0 Å². The standard InChI is InChI=1S/C11H16O2/c1-3-6-9-7-4-5-8-10(9)11(12)13-2/h1,9-10H,4-8H2,2H3. The van der Waals surface area contributed by atoms with Gasteiger partial charge >= 0.3 is 5.97 Å². The van der Waals surface area contributed by atoms with Crippen molar-refractivity contribution in [2.24, 2.45) is 11.8 Å². The van der Waals surface area contributed by atoms with E-state index >= 15 is 0 Å². The van der Waals surface area contributed by atoms with Gasteiger partial charge in [0.25, 0.3) is 0 Å². The average molecular weight is 180 g/mol. The Bertz CT molecular complexity index is 215. The zero-order valence-electron chi connectivity index (χ0n) is 8.08. The molecule has 0 amide bonds. The lowest BCUT2D eigenvalue weighted by Gasteiger charge is -2.27. The summed E-state index contributed by atoms with van der Waals surface area (Å²) in [5.41, 5.74) is 0. The van der Waals surface area contributed by atoms with Gasteiger partial charge in [-0.3, -0.25) is 4.79 Å². The van der Waals surface area contributed by atoms with Crippen LogP contribution < -0.4 is 0 Å². The molecule has 0 aliphatic heterocycles. The second-order valence-corrected chi connectivity index (χ2v) is 3.58. The molecule has 0 bridgehead atoms. The summed E-state index contributed by atoms with van der Waals surface area (Å²) in [6.07, 6.45) is 10.3. The monoisotopic (exact) mass is 180 g/mol. The van der Waals surface area contributed by atoms with E-state index in [1.807, 2.05) is 0 Å². The first-order valence-corrected chi connectivity index (χ1v) is 4.81. The predicted octanol–water partition coefficient (Wildman–Crippen LogP) is 1.99. The first kappa shape index (κ1) is 10.1. The van der Waals surface area contributed by atoms with E-state index in [1.54, 1.807) is 0 Å². The molecule has 2 nitrogen and oxygen atoms in total. The molecule has 2 atom stereocenters. The Hall–Kier alpha value is -0.970. The van der Waals surface area contributed by atoms with E-state index in [9.17, 15) is 4.79 Å². The van der Waals surface area contributed by atoms with Crippen LogP contribution in [0, 0.1) is 24.2 Å². The van der Waals surface area contributed by atoms with Gasteiger partial charge in [-0.1, -0.05) is 12.8 Å². The highest BCUT2D eigenvalue weighted by atomic mass is 16.5. The molecule has 1 aliphatic carbocycles. The molecular weight excluding hydrogens is 164 g/mol. The Morgan fingerprint density at radius 2 is 2.23 bits per heavy atom. The Labute approximate surface area is 79.7 Å². The summed E-state index contributed by atoms with van der Waals surface area (Å²) in [5.74, 6) is 2.96. The second kappa shape index (κ2) is 4.91. The van der Waals surface area contributed by atoms with E-state index in [1.165, 1.54) is 13.5 Å². The third-order valence-electron chi connectivity index (χ3n) is 2.79. The maximum absolute atomic E-state index is 11.4. The molecule has 1 saturated carbocycles. The van der Waals surface area contributed by atoms with Gasteiger partial charge in [0, 0.05) is 6.42 Å². The highest BCUT2D eigenvalue weighted by molar-refractivity contribution is 5.72. The molecule has 1 aliphatic rings. The number of carbonyl (C=O) groups excluding carboxylic acids is 1. The fraction of sp³-hybridized carbons (Fsp3) is 0.727. The van der Waals surface area contributed by atoms with Crippen LogP contribution in [0.1, 0.15) is 32.1 Å². The summed E-state index contributed by atoms with van der Waals surface area (Å²) in [4.78, 5) is 11.4. The van der Waals surface area contributed by atoms with Crippen LogP contribution in [-0.4, -0.2) is 13.1 Å². The van der Waals surface area contributed by atoms with Crippen LogP contribution in [0.3, 0.4) is 0 Å². The van der Waals surface area contributed by atoms with Crippen LogP contribution in [0.5, 0.6) is 0 Å². The minimum atomic E-state index is -0.0834. The second-order valence-electron chi connectivity index (χ2n) is 3.58. The molecule has 0 saturated heterocycles. The highest BCUT2D eigenvalue weighted by Crippen LogP contribution is 2.32. The molecule has 13 heavy (non-hydrogen) atoms. The lowest BCUT2D eigenvalue weighted by atomic mass is 9.78. The number of carbonyl (C=O) groups is 1. The van der Waals surface area contributed by atoms with Crippen molar-refractivity contribution in [2.75, 3.05) is 7.11 Å². The van der Waals surface area contributed by atoms with Crippen LogP contribution in [0.15, 0.2) is 0 Å². The lowest BCUT2D eigenvalue weighted by molar-refractivity contribution is -0.148. The number of esters is 1.